The van der Waals surface area contributed by atoms with Crippen molar-refractivity contribution in [3.63, 3.8) is 0 Å². The summed E-state index contributed by atoms with van der Waals surface area (Å²) in [6.45, 7) is 4.06. The summed E-state index contributed by atoms with van der Waals surface area (Å²) >= 11 is 0. The van der Waals surface area contributed by atoms with Gasteiger partial charge in [-0.25, -0.2) is 23.4 Å². The maximum Gasteiger partial charge on any atom is 0.313 e. The highest BCUT2D eigenvalue weighted by Crippen LogP contribution is 2.36. The van der Waals surface area contributed by atoms with Crippen LogP contribution >= 0.6 is 0 Å². The molecule has 3 aromatic rings. The number of nitrogens with zero attached hydrogens (tertiary/aromatic N) is 7. The maximum absolute atomic E-state index is 14.5. The number of esters is 1. The van der Waals surface area contributed by atoms with Gasteiger partial charge in [0.2, 0.25) is 0 Å². The van der Waals surface area contributed by atoms with E-state index in [1.54, 1.807) is 37.2 Å². The minimum atomic E-state index is -2.95. The fraction of sp³-hybridized carbons (Fsp3) is 0.520. The first-order valence-electron chi connectivity index (χ1n) is 12.4. The van der Waals surface area contributed by atoms with Gasteiger partial charge in [-0.1, -0.05) is 12.1 Å². The van der Waals surface area contributed by atoms with Gasteiger partial charge in [0.15, 0.2) is 0 Å². The van der Waals surface area contributed by atoms with E-state index < -0.39 is 24.4 Å². The van der Waals surface area contributed by atoms with Gasteiger partial charge in [-0.15, -0.1) is 5.10 Å². The molecule has 1 atom stereocenters. The highest BCUT2D eigenvalue weighted by Gasteiger charge is 2.41. The second-order valence-corrected chi connectivity index (χ2v) is 9.42. The van der Waals surface area contributed by atoms with Gasteiger partial charge in [0.25, 0.3) is 11.8 Å². The Balaban J connectivity index is 1.55. The lowest BCUT2D eigenvalue weighted by Gasteiger charge is -2.39. The summed E-state index contributed by atoms with van der Waals surface area (Å²) < 4.78 is 42.5. The first kappa shape index (κ1) is 27.1. The zero-order valence-corrected chi connectivity index (χ0v) is 21.9. The molecule has 38 heavy (non-hydrogen) atoms. The number of rotatable bonds is 9. The summed E-state index contributed by atoms with van der Waals surface area (Å²) in [5, 5.41) is 8.28. The number of piperidine rings is 1. The van der Waals surface area contributed by atoms with Crippen LogP contribution in [-0.2, 0) is 29.7 Å². The quantitative estimate of drug-likeness (QED) is 0.384. The van der Waals surface area contributed by atoms with Gasteiger partial charge < -0.3 is 18.9 Å². The number of alkyl halides is 2. The summed E-state index contributed by atoms with van der Waals surface area (Å²) in [6, 6.07) is 3.41. The highest BCUT2D eigenvalue weighted by atomic mass is 19.3. The van der Waals surface area contributed by atoms with E-state index in [-0.39, 0.29) is 37.4 Å². The van der Waals surface area contributed by atoms with Crippen LogP contribution in [0.5, 0.6) is 5.88 Å². The second-order valence-electron chi connectivity index (χ2n) is 9.42. The fourth-order valence-electron chi connectivity index (χ4n) is 4.68. The lowest BCUT2D eigenvalue weighted by Crippen LogP contribution is -2.48. The summed E-state index contributed by atoms with van der Waals surface area (Å²) in [6.07, 6.45) is 3.47. The van der Waals surface area contributed by atoms with Gasteiger partial charge >= 0.3 is 11.5 Å². The van der Waals surface area contributed by atoms with Crippen molar-refractivity contribution < 1.29 is 23.0 Å². The Morgan fingerprint density at radius 3 is 2.79 bits per heavy atom. The third kappa shape index (κ3) is 5.97. The van der Waals surface area contributed by atoms with E-state index in [0.717, 1.165) is 6.42 Å². The second kappa shape index (κ2) is 11.2. The van der Waals surface area contributed by atoms with E-state index in [1.807, 2.05) is 6.92 Å². The van der Waals surface area contributed by atoms with Crippen LogP contribution in [0.2, 0.25) is 0 Å². The minimum absolute atomic E-state index is 0.0206. The number of methoxy groups -OCH3 is 1. The van der Waals surface area contributed by atoms with Crippen LogP contribution in [0.3, 0.4) is 0 Å². The number of carbonyl (C=O) groups is 1. The molecule has 1 fully saturated rings. The van der Waals surface area contributed by atoms with Crippen molar-refractivity contribution in [2.24, 2.45) is 13.0 Å². The molecule has 0 N–H and O–H groups in total. The van der Waals surface area contributed by atoms with Crippen LogP contribution in [0.25, 0.3) is 11.4 Å². The third-order valence-corrected chi connectivity index (χ3v) is 6.45. The summed E-state index contributed by atoms with van der Waals surface area (Å²) in [7, 11) is 2.94. The van der Waals surface area contributed by atoms with Gasteiger partial charge in [0.05, 0.1) is 37.2 Å². The molecule has 1 aliphatic rings. The van der Waals surface area contributed by atoms with Gasteiger partial charge in [0.1, 0.15) is 18.0 Å². The molecule has 11 nitrogen and oxygen atoms in total. The fourth-order valence-corrected chi connectivity index (χ4v) is 4.68. The van der Waals surface area contributed by atoms with E-state index in [9.17, 15) is 18.4 Å². The molecular weight excluding hydrogens is 500 g/mol. The zero-order valence-electron chi connectivity index (χ0n) is 21.9. The minimum Gasteiger partial charge on any atom is -0.469 e. The van der Waals surface area contributed by atoms with Crippen LogP contribution in [-0.4, -0.2) is 61.6 Å². The molecule has 0 unspecified atom stereocenters. The highest BCUT2D eigenvalue weighted by molar-refractivity contribution is 5.69. The molecule has 1 saturated heterocycles. The van der Waals surface area contributed by atoms with Crippen molar-refractivity contribution in [2.75, 3.05) is 25.1 Å². The van der Waals surface area contributed by atoms with Crippen LogP contribution in [0, 0.1) is 12.8 Å². The number of pyridine rings is 1. The molecule has 0 aromatic carbocycles. The standard InChI is InChI=1S/C25H31F2N7O4/c1-5-9-33-10-8-28-23(24(33)36)38-14-20-22(30-31-32(20)3)18-6-7-19(16(2)29-18)34-13-17(11-21(35)37-4)12-25(26,27)15-34/h6-8,10,17H,5,9,11-15H2,1-4H3/t17-/m0/s1. The Morgan fingerprint density at radius 2 is 2.08 bits per heavy atom. The largest absolute Gasteiger partial charge is 0.469 e. The van der Waals surface area contributed by atoms with Gasteiger partial charge in [-0.2, -0.15) is 0 Å². The molecule has 13 heteroatoms. The third-order valence-electron chi connectivity index (χ3n) is 6.45. The number of hydrogen-bond donors (Lipinski definition) is 0. The Bertz CT molecular complexity index is 1360. The molecule has 4 heterocycles. The van der Waals surface area contributed by atoms with Crippen molar-refractivity contribution in [3.05, 3.63) is 46.3 Å². The maximum atomic E-state index is 14.5. The Kier molecular flexibility index (Phi) is 8.02. The average Bonchev–Trinajstić information content (AvgIpc) is 3.23. The first-order chi connectivity index (χ1) is 18.1. The van der Waals surface area contributed by atoms with E-state index in [2.05, 4.69) is 25.0 Å². The van der Waals surface area contributed by atoms with Crippen LogP contribution in [0.15, 0.2) is 29.3 Å². The van der Waals surface area contributed by atoms with Gasteiger partial charge in [-0.3, -0.25) is 9.59 Å². The Morgan fingerprint density at radius 1 is 1.29 bits per heavy atom. The molecule has 0 bridgehead atoms. The Labute approximate surface area is 218 Å². The lowest BCUT2D eigenvalue weighted by atomic mass is 9.91. The number of ether oxygens (including phenoxy) is 2. The first-order valence-corrected chi connectivity index (χ1v) is 12.4. The number of anilines is 1. The van der Waals surface area contributed by atoms with Crippen molar-refractivity contribution in [2.45, 2.75) is 52.2 Å². The Hall–Kier alpha value is -3.90. The molecule has 0 amide bonds. The van der Waals surface area contributed by atoms with Crippen molar-refractivity contribution >= 4 is 11.7 Å². The molecular formula is C25H31F2N7O4. The topological polar surface area (TPSA) is 117 Å². The van der Waals surface area contributed by atoms with E-state index in [4.69, 9.17) is 4.74 Å². The number of halogens is 2. The monoisotopic (exact) mass is 531 g/mol. The summed E-state index contributed by atoms with van der Waals surface area (Å²) in [5.74, 6) is -4.02. The van der Waals surface area contributed by atoms with E-state index in [0.29, 0.717) is 35.0 Å². The number of aromatic nitrogens is 6. The normalized spacial score (nSPS) is 16.9. The van der Waals surface area contributed by atoms with Crippen LogP contribution in [0.4, 0.5) is 14.5 Å². The zero-order chi connectivity index (χ0) is 27.4. The molecule has 204 valence electrons. The van der Waals surface area contributed by atoms with Crippen molar-refractivity contribution in [1.29, 1.82) is 0 Å². The molecule has 0 saturated carbocycles. The summed E-state index contributed by atoms with van der Waals surface area (Å²) in [5.41, 5.74) is 2.25. The van der Waals surface area contributed by atoms with E-state index >= 15 is 0 Å². The predicted octanol–water partition coefficient (Wildman–Crippen LogP) is 2.76. The lowest BCUT2D eigenvalue weighted by molar-refractivity contribution is -0.142. The molecule has 0 spiro atoms. The van der Waals surface area contributed by atoms with Crippen molar-refractivity contribution in [1.82, 2.24) is 29.5 Å². The molecule has 0 radical (unpaired) electrons. The summed E-state index contributed by atoms with van der Waals surface area (Å²) in [4.78, 5) is 34.5. The van der Waals surface area contributed by atoms with Gasteiger partial charge in [0, 0.05) is 39.0 Å². The number of carbonyl (C=O) groups excluding carboxylic acids is 1. The van der Waals surface area contributed by atoms with Crippen LogP contribution < -0.4 is 15.2 Å². The van der Waals surface area contributed by atoms with E-state index in [1.165, 1.54) is 22.6 Å². The predicted molar refractivity (Wildman–Crippen MR) is 134 cm³/mol. The molecule has 4 rings (SSSR count). The SMILES string of the molecule is CCCn1ccnc(OCc2c(-c3ccc(N4C[C@@H](CC(=O)OC)CC(F)(F)C4)c(C)n3)nnn2C)c1=O. The molecule has 3 aromatic heterocycles. The molecule has 0 aliphatic carbocycles. The number of hydrogen-bond acceptors (Lipinski definition) is 9. The smallest absolute Gasteiger partial charge is 0.313 e. The average molecular weight is 532 g/mol. The van der Waals surface area contributed by atoms with Crippen molar-refractivity contribution in [3.8, 4) is 17.3 Å². The molecule has 1 aliphatic heterocycles. The van der Waals surface area contributed by atoms with Crippen LogP contribution in [0.1, 0.15) is 37.6 Å². The van der Waals surface area contributed by atoms with Gasteiger partial charge in [-0.05, 0) is 31.4 Å². The number of aryl methyl sites for hydroxylation is 3.